The maximum atomic E-state index is 6.78. The number of benzene rings is 8. The van der Waals surface area contributed by atoms with Crippen molar-refractivity contribution in [3.05, 3.63) is 210 Å². The van der Waals surface area contributed by atoms with Crippen LogP contribution in [0.5, 0.6) is 0 Å². The van der Waals surface area contributed by atoms with E-state index in [2.05, 4.69) is 193 Å². The van der Waals surface area contributed by atoms with Crippen molar-refractivity contribution in [3.63, 3.8) is 0 Å². The number of furan rings is 1. The Morgan fingerprint density at radius 1 is 0.375 bits per heavy atom. The van der Waals surface area contributed by atoms with E-state index in [1.54, 1.807) is 0 Å². The fourth-order valence-electron chi connectivity index (χ4n) is 11.0. The van der Waals surface area contributed by atoms with Crippen LogP contribution in [-0.4, -0.2) is 0 Å². The van der Waals surface area contributed by atoms with Crippen LogP contribution in [0.1, 0.15) is 47.9 Å². The van der Waals surface area contributed by atoms with Gasteiger partial charge in [0.2, 0.25) is 0 Å². The predicted molar refractivity (Wildman–Crippen MR) is 231 cm³/mol. The molecule has 1 heterocycles. The summed E-state index contributed by atoms with van der Waals surface area (Å²) in [6, 6.07) is 69.5. The summed E-state index contributed by atoms with van der Waals surface area (Å²) in [7, 11) is 0. The molecule has 3 aliphatic rings. The second-order valence-corrected chi connectivity index (χ2v) is 16.0. The molecule has 0 N–H and O–H groups in total. The number of rotatable bonds is 4. The van der Waals surface area contributed by atoms with Gasteiger partial charge in [-0.2, -0.15) is 0 Å². The van der Waals surface area contributed by atoms with E-state index >= 15 is 0 Å². The average molecular weight is 718 g/mol. The average Bonchev–Trinajstić information content (AvgIpc) is 3.88. The summed E-state index contributed by atoms with van der Waals surface area (Å²) in [6.45, 7) is 0. The van der Waals surface area contributed by atoms with Crippen LogP contribution in [-0.2, 0) is 10.8 Å². The number of nitrogens with zero attached hydrogens (tertiary/aromatic N) is 1. The van der Waals surface area contributed by atoms with Gasteiger partial charge in [-0.3, -0.25) is 0 Å². The van der Waals surface area contributed by atoms with Crippen molar-refractivity contribution in [1.82, 2.24) is 0 Å². The van der Waals surface area contributed by atoms with Gasteiger partial charge in [0.15, 0.2) is 5.58 Å². The molecular weight excluding hydrogens is 679 g/mol. The van der Waals surface area contributed by atoms with E-state index in [4.69, 9.17) is 4.42 Å². The Morgan fingerprint density at radius 2 is 0.875 bits per heavy atom. The molecule has 8 aromatic carbocycles. The highest BCUT2D eigenvalue weighted by Crippen LogP contribution is 2.64. The summed E-state index contributed by atoms with van der Waals surface area (Å²) in [4.78, 5) is 2.46. The van der Waals surface area contributed by atoms with Crippen LogP contribution in [0.25, 0.3) is 55.3 Å². The highest BCUT2D eigenvalue weighted by atomic mass is 16.3. The molecule has 0 bridgehead atoms. The minimum absolute atomic E-state index is 0.0331. The molecule has 1 saturated carbocycles. The zero-order chi connectivity index (χ0) is 36.8. The zero-order valence-electron chi connectivity index (χ0n) is 31.1. The third-order valence-corrected chi connectivity index (χ3v) is 13.5. The molecule has 0 aliphatic heterocycles. The Morgan fingerprint density at radius 3 is 1.55 bits per heavy atom. The van der Waals surface area contributed by atoms with Gasteiger partial charge in [0, 0.05) is 32.9 Å². The van der Waals surface area contributed by atoms with Crippen LogP contribution >= 0.6 is 0 Å². The predicted octanol–water partition coefficient (Wildman–Crippen LogP) is 14.5. The lowest BCUT2D eigenvalue weighted by Gasteiger charge is -2.45. The summed E-state index contributed by atoms with van der Waals surface area (Å²) < 4.78 is 6.78. The Labute approximate surface area is 327 Å². The first kappa shape index (κ1) is 31.7. The molecule has 0 atom stereocenters. The number of anilines is 3. The Kier molecular flexibility index (Phi) is 6.75. The molecule has 0 amide bonds. The van der Waals surface area contributed by atoms with Gasteiger partial charge in [-0.05, 0) is 106 Å². The molecule has 56 heavy (non-hydrogen) atoms. The molecule has 1 fully saturated rings. The molecule has 266 valence electrons. The summed E-state index contributed by atoms with van der Waals surface area (Å²) in [6.07, 6.45) is 4.39. The minimum Gasteiger partial charge on any atom is -0.454 e. The molecule has 2 nitrogen and oxygen atoms in total. The maximum absolute atomic E-state index is 6.78. The van der Waals surface area contributed by atoms with Gasteiger partial charge in [0.05, 0.1) is 11.4 Å². The van der Waals surface area contributed by atoms with Crippen molar-refractivity contribution < 1.29 is 4.42 Å². The van der Waals surface area contributed by atoms with E-state index in [1.807, 2.05) is 0 Å². The van der Waals surface area contributed by atoms with Crippen LogP contribution in [0, 0.1) is 0 Å². The number of hydrogen-bond acceptors (Lipinski definition) is 2. The van der Waals surface area contributed by atoms with Gasteiger partial charge in [0.1, 0.15) is 5.58 Å². The topological polar surface area (TPSA) is 16.4 Å². The van der Waals surface area contributed by atoms with E-state index < -0.39 is 0 Å². The van der Waals surface area contributed by atoms with E-state index in [1.165, 1.54) is 55.6 Å². The van der Waals surface area contributed by atoms with Crippen molar-refractivity contribution in [1.29, 1.82) is 0 Å². The molecule has 0 saturated heterocycles. The van der Waals surface area contributed by atoms with Crippen molar-refractivity contribution in [2.45, 2.75) is 36.5 Å². The molecule has 0 unspecified atom stereocenters. The fraction of sp³-hybridized carbons (Fsp3) is 0.111. The monoisotopic (exact) mass is 717 g/mol. The van der Waals surface area contributed by atoms with Gasteiger partial charge >= 0.3 is 0 Å². The first-order valence-electron chi connectivity index (χ1n) is 20.0. The normalized spacial score (nSPS) is 15.5. The standard InChI is InChI=1S/C54H39NO/c1-2-15-36(16-3-1)38-17-7-12-26-49(38)55(50-27-14-22-44-43-21-8-13-28-51(43)56-52(44)50)37-29-30-42-41-20-6-11-25-47(41)54(48(42)35-37)33-31-53(32-34-54)45-23-9-4-18-39(45)40-19-5-10-24-46(40)53/h1-30,35H,31-34H2. The minimum atomic E-state index is -0.0876. The smallest absolute Gasteiger partial charge is 0.159 e. The Bertz CT molecular complexity index is 2950. The molecule has 2 heteroatoms. The first-order valence-corrected chi connectivity index (χ1v) is 20.0. The lowest BCUT2D eigenvalue weighted by molar-refractivity contribution is 0.265. The molecular formula is C54H39NO. The molecule has 12 rings (SSSR count). The Hall–Kier alpha value is -6.64. The molecule has 2 spiro atoms. The first-order chi connectivity index (χ1) is 27.7. The van der Waals surface area contributed by atoms with Crippen molar-refractivity contribution in [2.75, 3.05) is 4.90 Å². The van der Waals surface area contributed by atoms with Crippen molar-refractivity contribution >= 4 is 39.0 Å². The van der Waals surface area contributed by atoms with E-state index in [0.717, 1.165) is 64.7 Å². The summed E-state index contributed by atoms with van der Waals surface area (Å²) >= 11 is 0. The Balaban J connectivity index is 1.06. The SMILES string of the molecule is c1ccc(-c2ccccc2N(c2ccc3c(c2)C2(CCC4(CC2)c2ccccc2-c2ccccc24)c2ccccc2-3)c2cccc3c2oc2ccccc23)cc1. The van der Waals surface area contributed by atoms with Gasteiger partial charge in [-0.1, -0.05) is 158 Å². The van der Waals surface area contributed by atoms with Crippen LogP contribution in [0.15, 0.2) is 192 Å². The van der Waals surface area contributed by atoms with Crippen LogP contribution < -0.4 is 4.90 Å². The lowest BCUT2D eigenvalue weighted by Crippen LogP contribution is -2.39. The van der Waals surface area contributed by atoms with Crippen molar-refractivity contribution in [3.8, 4) is 33.4 Å². The molecule has 3 aliphatic carbocycles. The maximum Gasteiger partial charge on any atom is 0.159 e. The third-order valence-electron chi connectivity index (χ3n) is 13.5. The van der Waals surface area contributed by atoms with Gasteiger partial charge < -0.3 is 9.32 Å². The summed E-state index contributed by atoms with van der Waals surface area (Å²) in [5.74, 6) is 0. The summed E-state index contributed by atoms with van der Waals surface area (Å²) in [5, 5.41) is 2.26. The largest absolute Gasteiger partial charge is 0.454 e. The van der Waals surface area contributed by atoms with Gasteiger partial charge in [-0.25, -0.2) is 0 Å². The van der Waals surface area contributed by atoms with Crippen molar-refractivity contribution in [2.24, 2.45) is 0 Å². The zero-order valence-corrected chi connectivity index (χ0v) is 31.1. The van der Waals surface area contributed by atoms with E-state index in [-0.39, 0.29) is 10.8 Å². The molecule has 9 aromatic rings. The van der Waals surface area contributed by atoms with Crippen LogP contribution in [0.4, 0.5) is 17.1 Å². The molecule has 0 radical (unpaired) electrons. The molecule has 1 aromatic heterocycles. The number of para-hydroxylation sites is 3. The second kappa shape index (κ2) is 11.9. The highest BCUT2D eigenvalue weighted by molar-refractivity contribution is 6.11. The number of hydrogen-bond donors (Lipinski definition) is 0. The van der Waals surface area contributed by atoms with Crippen LogP contribution in [0.2, 0.25) is 0 Å². The quantitative estimate of drug-likeness (QED) is 0.180. The number of fused-ring (bicyclic) bond motifs is 13. The highest BCUT2D eigenvalue weighted by Gasteiger charge is 2.53. The van der Waals surface area contributed by atoms with E-state index in [0.29, 0.717) is 0 Å². The summed E-state index contributed by atoms with van der Waals surface area (Å²) in [5.41, 5.74) is 19.0. The fourth-order valence-corrected chi connectivity index (χ4v) is 11.0. The lowest BCUT2D eigenvalue weighted by atomic mass is 9.57. The van der Waals surface area contributed by atoms with Crippen LogP contribution in [0.3, 0.4) is 0 Å². The van der Waals surface area contributed by atoms with E-state index in [9.17, 15) is 0 Å². The van der Waals surface area contributed by atoms with Gasteiger partial charge in [0.25, 0.3) is 0 Å². The second-order valence-electron chi connectivity index (χ2n) is 16.0. The third kappa shape index (κ3) is 4.33. The van der Waals surface area contributed by atoms with Gasteiger partial charge in [-0.15, -0.1) is 0 Å².